The second-order valence-corrected chi connectivity index (χ2v) is 8.23. The van der Waals surface area contributed by atoms with Gasteiger partial charge in [-0.1, -0.05) is 37.3 Å². The van der Waals surface area contributed by atoms with E-state index in [4.69, 9.17) is 4.74 Å². The molecule has 0 bridgehead atoms. The molecular weight excluding hydrogens is 320 g/mol. The summed E-state index contributed by atoms with van der Waals surface area (Å²) in [5.41, 5.74) is 2.98. The van der Waals surface area contributed by atoms with Crippen molar-refractivity contribution in [3.63, 3.8) is 0 Å². The maximum atomic E-state index is 11.6. The van der Waals surface area contributed by atoms with Gasteiger partial charge in [-0.05, 0) is 86.7 Å². The number of ether oxygens (including phenoxy) is 1. The quantitative estimate of drug-likeness (QED) is 0.449. The van der Waals surface area contributed by atoms with Gasteiger partial charge in [0.1, 0.15) is 6.10 Å². The van der Waals surface area contributed by atoms with Gasteiger partial charge in [-0.25, -0.2) is 0 Å². The minimum absolute atomic E-state index is 0.113. The van der Waals surface area contributed by atoms with Crippen LogP contribution < -0.4 is 0 Å². The minimum Gasteiger partial charge on any atom is -0.462 e. The Morgan fingerprint density at radius 2 is 1.58 bits per heavy atom. The third kappa shape index (κ3) is 4.99. The lowest BCUT2D eigenvalue weighted by molar-refractivity contribution is -0.150. The first-order chi connectivity index (χ1) is 12.7. The highest BCUT2D eigenvalue weighted by molar-refractivity contribution is 5.71. The van der Waals surface area contributed by atoms with Gasteiger partial charge >= 0.3 is 5.97 Å². The van der Waals surface area contributed by atoms with Crippen LogP contribution in [-0.2, 0) is 16.0 Å². The number of carbonyl (C=O) groups excluding carboxylic acids is 1. The van der Waals surface area contributed by atoms with Gasteiger partial charge in [-0.3, -0.25) is 4.79 Å². The van der Waals surface area contributed by atoms with Gasteiger partial charge in [-0.15, -0.1) is 6.58 Å². The Balaban J connectivity index is 1.42. The topological polar surface area (TPSA) is 26.3 Å². The van der Waals surface area contributed by atoms with Crippen molar-refractivity contribution in [2.24, 2.45) is 11.8 Å². The average Bonchev–Trinajstić information content (AvgIpc) is 2.69. The summed E-state index contributed by atoms with van der Waals surface area (Å²) in [5.74, 6) is 2.37. The molecule has 0 N–H and O–H groups in total. The molecule has 26 heavy (non-hydrogen) atoms. The molecule has 0 saturated heterocycles. The van der Waals surface area contributed by atoms with E-state index in [2.05, 4.69) is 37.8 Å². The van der Waals surface area contributed by atoms with Crippen molar-refractivity contribution in [1.82, 2.24) is 0 Å². The fraction of sp³-hybridized carbons (Fsp3) is 0.625. The summed E-state index contributed by atoms with van der Waals surface area (Å²) in [6.45, 7) is 5.82. The normalized spacial score (nSPS) is 29.1. The molecule has 0 unspecified atom stereocenters. The van der Waals surface area contributed by atoms with Crippen molar-refractivity contribution < 1.29 is 9.53 Å². The summed E-state index contributed by atoms with van der Waals surface area (Å²) in [6.07, 6.45) is 13.2. The number of hydrogen-bond donors (Lipinski definition) is 0. The number of hydrogen-bond acceptors (Lipinski definition) is 2. The van der Waals surface area contributed by atoms with Crippen molar-refractivity contribution in [2.45, 2.75) is 83.2 Å². The molecule has 1 aromatic carbocycles. The van der Waals surface area contributed by atoms with Gasteiger partial charge in [0, 0.05) is 0 Å². The predicted octanol–water partition coefficient (Wildman–Crippen LogP) is 6.20. The molecular formula is C24H34O2. The van der Waals surface area contributed by atoms with Crippen LogP contribution in [0.3, 0.4) is 0 Å². The number of aryl methyl sites for hydroxylation is 1. The van der Waals surface area contributed by atoms with Crippen LogP contribution in [0.5, 0.6) is 0 Å². The first kappa shape index (κ1) is 19.2. The molecule has 2 aliphatic carbocycles. The number of benzene rings is 1. The zero-order chi connectivity index (χ0) is 18.4. The van der Waals surface area contributed by atoms with Crippen LogP contribution in [0.2, 0.25) is 0 Å². The fourth-order valence-corrected chi connectivity index (χ4v) is 4.98. The van der Waals surface area contributed by atoms with Gasteiger partial charge in [-0.2, -0.15) is 0 Å². The molecule has 1 aromatic rings. The smallest absolute Gasteiger partial charge is 0.309 e. The molecule has 2 saturated carbocycles. The number of carbonyl (C=O) groups is 1. The highest BCUT2D eigenvalue weighted by atomic mass is 16.5. The fourth-order valence-electron chi connectivity index (χ4n) is 4.98. The van der Waals surface area contributed by atoms with Crippen LogP contribution in [0.25, 0.3) is 0 Å². The van der Waals surface area contributed by atoms with Crippen molar-refractivity contribution in [3.8, 4) is 0 Å². The Bertz CT molecular complexity index is 573. The molecule has 0 spiro atoms. The zero-order valence-corrected chi connectivity index (χ0v) is 16.3. The third-order valence-corrected chi connectivity index (χ3v) is 6.63. The Morgan fingerprint density at radius 1 is 1.00 bits per heavy atom. The Morgan fingerprint density at radius 3 is 2.12 bits per heavy atom. The Labute approximate surface area is 159 Å². The number of rotatable bonds is 6. The van der Waals surface area contributed by atoms with Gasteiger partial charge in [0.2, 0.25) is 0 Å². The summed E-state index contributed by atoms with van der Waals surface area (Å²) in [4.78, 5) is 11.6. The van der Waals surface area contributed by atoms with Gasteiger partial charge in [0.15, 0.2) is 0 Å². The summed E-state index contributed by atoms with van der Waals surface area (Å²) < 4.78 is 5.55. The van der Waals surface area contributed by atoms with E-state index in [0.29, 0.717) is 6.42 Å². The van der Waals surface area contributed by atoms with Crippen molar-refractivity contribution >= 4 is 5.97 Å². The summed E-state index contributed by atoms with van der Waals surface area (Å²) in [6, 6.07) is 9.31. The van der Waals surface area contributed by atoms with Crippen molar-refractivity contribution in [1.29, 1.82) is 0 Å². The van der Waals surface area contributed by atoms with E-state index in [1.54, 1.807) is 11.6 Å². The maximum Gasteiger partial charge on any atom is 0.309 e. The minimum atomic E-state index is -0.113. The van der Waals surface area contributed by atoms with Crippen molar-refractivity contribution in [2.75, 3.05) is 0 Å². The van der Waals surface area contributed by atoms with Crippen LogP contribution in [0, 0.1) is 11.8 Å². The zero-order valence-electron chi connectivity index (χ0n) is 16.3. The number of esters is 1. The largest absolute Gasteiger partial charge is 0.462 e. The van der Waals surface area contributed by atoms with E-state index in [9.17, 15) is 4.79 Å². The molecule has 2 nitrogen and oxygen atoms in total. The molecule has 0 aromatic heterocycles. The molecule has 142 valence electrons. The molecule has 0 amide bonds. The second kappa shape index (κ2) is 9.39. The predicted molar refractivity (Wildman–Crippen MR) is 107 cm³/mol. The molecule has 2 heteroatoms. The monoisotopic (exact) mass is 354 g/mol. The molecule has 0 radical (unpaired) electrons. The van der Waals surface area contributed by atoms with E-state index < -0.39 is 0 Å². The first-order valence-electron chi connectivity index (χ1n) is 10.6. The lowest BCUT2D eigenvalue weighted by atomic mass is 9.69. The van der Waals surface area contributed by atoms with Crippen molar-refractivity contribution in [3.05, 3.63) is 48.0 Å². The standard InChI is InChI=1S/C24H34O2/c1-3-5-24(25)26-23-16-14-22(15-17-23)21-12-10-20(11-13-21)19-8-6-18(4-2)7-9-19/h3,6-9,20-23H,1,4-5,10-17H2,2H3/t20-,21-,22-,23-. The lowest BCUT2D eigenvalue weighted by Gasteiger charge is -2.37. The maximum absolute atomic E-state index is 11.6. The third-order valence-electron chi connectivity index (χ3n) is 6.63. The molecule has 0 atom stereocenters. The van der Waals surface area contributed by atoms with E-state index in [-0.39, 0.29) is 12.1 Å². The lowest BCUT2D eigenvalue weighted by Crippen LogP contribution is -2.29. The molecule has 0 aliphatic heterocycles. The SMILES string of the molecule is C=CCC(=O)O[C@H]1CC[C@H]([C@H]2CC[C@H](c3ccc(CC)cc3)CC2)CC1. The van der Waals surface area contributed by atoms with Crippen LogP contribution >= 0.6 is 0 Å². The molecule has 0 heterocycles. The Hall–Kier alpha value is -1.57. The van der Waals surface area contributed by atoms with E-state index in [1.807, 2.05) is 0 Å². The molecule has 3 rings (SSSR count). The Kier molecular flexibility index (Phi) is 6.93. The van der Waals surface area contributed by atoms with Crippen LogP contribution in [-0.4, -0.2) is 12.1 Å². The van der Waals surface area contributed by atoms with Gasteiger partial charge < -0.3 is 4.74 Å². The summed E-state index contributed by atoms with van der Waals surface area (Å²) in [5, 5.41) is 0. The highest BCUT2D eigenvalue weighted by Gasteiger charge is 2.32. The summed E-state index contributed by atoms with van der Waals surface area (Å²) in [7, 11) is 0. The van der Waals surface area contributed by atoms with Gasteiger partial charge in [0.05, 0.1) is 6.42 Å². The van der Waals surface area contributed by atoms with E-state index in [1.165, 1.54) is 44.1 Å². The van der Waals surface area contributed by atoms with E-state index >= 15 is 0 Å². The van der Waals surface area contributed by atoms with Crippen LogP contribution in [0.4, 0.5) is 0 Å². The second-order valence-electron chi connectivity index (χ2n) is 8.23. The van der Waals surface area contributed by atoms with E-state index in [0.717, 1.165) is 37.0 Å². The molecule has 2 fully saturated rings. The first-order valence-corrected chi connectivity index (χ1v) is 10.6. The van der Waals surface area contributed by atoms with Crippen LogP contribution in [0.15, 0.2) is 36.9 Å². The average molecular weight is 355 g/mol. The molecule has 2 aliphatic rings. The summed E-state index contributed by atoms with van der Waals surface area (Å²) >= 11 is 0. The van der Waals surface area contributed by atoms with Crippen LogP contribution in [0.1, 0.15) is 81.8 Å². The highest BCUT2D eigenvalue weighted by Crippen LogP contribution is 2.43. The van der Waals surface area contributed by atoms with Gasteiger partial charge in [0.25, 0.3) is 0 Å².